The van der Waals surface area contributed by atoms with Gasteiger partial charge in [0.05, 0.1) is 19.4 Å². The quantitative estimate of drug-likeness (QED) is 0.587. The number of rotatable bonds is 5. The van der Waals surface area contributed by atoms with Gasteiger partial charge in [-0.25, -0.2) is 0 Å². The zero-order valence-electron chi connectivity index (χ0n) is 6.66. The van der Waals surface area contributed by atoms with E-state index in [2.05, 4.69) is 0 Å². The summed E-state index contributed by atoms with van der Waals surface area (Å²) in [4.78, 5) is 0. The molecule has 0 fully saturated rings. The summed E-state index contributed by atoms with van der Waals surface area (Å²) in [5.41, 5.74) is 0. The minimum absolute atomic E-state index is 0.418. The highest BCUT2D eigenvalue weighted by Gasteiger charge is 2.19. The van der Waals surface area contributed by atoms with Gasteiger partial charge in [-0.1, -0.05) is 6.92 Å². The topological polar surface area (TPSA) is 35.5 Å². The Labute approximate surface area is 62.3 Å². The Morgan fingerprint density at radius 3 is 1.90 bits per heavy atom. The van der Waals surface area contributed by atoms with Crippen molar-refractivity contribution in [2.75, 3.05) is 13.2 Å². The molecular formula is C6H14O3P. The van der Waals surface area contributed by atoms with Crippen molar-refractivity contribution in [1.29, 1.82) is 0 Å². The molecule has 0 aromatic carbocycles. The van der Waals surface area contributed by atoms with Crippen molar-refractivity contribution >= 4 is 7.60 Å². The van der Waals surface area contributed by atoms with E-state index in [1.165, 1.54) is 6.16 Å². The zero-order valence-corrected chi connectivity index (χ0v) is 7.56. The monoisotopic (exact) mass is 165 g/mol. The van der Waals surface area contributed by atoms with E-state index in [9.17, 15) is 4.57 Å². The maximum Gasteiger partial charge on any atom is 0.334 e. The Kier molecular flexibility index (Phi) is 4.96. The normalized spacial score (nSPS) is 11.9. The van der Waals surface area contributed by atoms with E-state index in [1.54, 1.807) is 20.8 Å². The summed E-state index contributed by atoms with van der Waals surface area (Å²) in [6.45, 7) is 6.08. The van der Waals surface area contributed by atoms with Crippen molar-refractivity contribution in [3.05, 3.63) is 6.16 Å². The lowest BCUT2D eigenvalue weighted by molar-refractivity contribution is 0.225. The van der Waals surface area contributed by atoms with Gasteiger partial charge in [-0.2, -0.15) is 0 Å². The fourth-order valence-corrected chi connectivity index (χ4v) is 1.64. The van der Waals surface area contributed by atoms with Crippen LogP contribution in [0.2, 0.25) is 0 Å². The Morgan fingerprint density at radius 2 is 1.70 bits per heavy atom. The van der Waals surface area contributed by atoms with Crippen LogP contribution in [0.5, 0.6) is 0 Å². The molecule has 4 heteroatoms. The van der Waals surface area contributed by atoms with Gasteiger partial charge in [0, 0.05) is 0 Å². The molecule has 0 aromatic rings. The van der Waals surface area contributed by atoms with Gasteiger partial charge in [0.1, 0.15) is 0 Å². The van der Waals surface area contributed by atoms with E-state index in [1.807, 2.05) is 0 Å². The van der Waals surface area contributed by atoms with Crippen LogP contribution in [0.1, 0.15) is 20.8 Å². The first kappa shape index (κ1) is 10.2. The van der Waals surface area contributed by atoms with E-state index >= 15 is 0 Å². The van der Waals surface area contributed by atoms with Crippen molar-refractivity contribution in [3.8, 4) is 0 Å². The molecule has 0 aliphatic heterocycles. The average molecular weight is 165 g/mol. The highest BCUT2D eigenvalue weighted by atomic mass is 31.2. The smallest absolute Gasteiger partial charge is 0.309 e. The first-order valence-electron chi connectivity index (χ1n) is 3.37. The molecule has 0 amide bonds. The van der Waals surface area contributed by atoms with Crippen LogP contribution < -0.4 is 0 Å². The molecule has 0 aromatic heterocycles. The van der Waals surface area contributed by atoms with E-state index < -0.39 is 7.60 Å². The zero-order chi connectivity index (χ0) is 8.04. The molecule has 0 rings (SSSR count). The number of hydrogen-bond donors (Lipinski definition) is 0. The second-order valence-corrected chi connectivity index (χ2v) is 3.75. The molecule has 0 heterocycles. The highest BCUT2D eigenvalue weighted by molar-refractivity contribution is 7.56. The van der Waals surface area contributed by atoms with Crippen LogP contribution in [-0.2, 0) is 13.6 Å². The molecule has 0 N–H and O–H groups in total. The minimum atomic E-state index is -2.83. The summed E-state index contributed by atoms with van der Waals surface area (Å²) in [6.07, 6.45) is 1.47. The first-order valence-corrected chi connectivity index (χ1v) is 4.99. The van der Waals surface area contributed by atoms with Crippen LogP contribution in [-0.4, -0.2) is 13.2 Å². The van der Waals surface area contributed by atoms with Crippen molar-refractivity contribution in [2.45, 2.75) is 20.8 Å². The van der Waals surface area contributed by atoms with E-state index in [0.29, 0.717) is 13.2 Å². The van der Waals surface area contributed by atoms with Gasteiger partial charge in [0.15, 0.2) is 0 Å². The van der Waals surface area contributed by atoms with Crippen LogP contribution >= 0.6 is 7.60 Å². The van der Waals surface area contributed by atoms with Gasteiger partial charge in [-0.05, 0) is 13.8 Å². The molecule has 0 aliphatic rings. The van der Waals surface area contributed by atoms with Gasteiger partial charge in [-0.3, -0.25) is 4.57 Å². The Morgan fingerprint density at radius 1 is 1.30 bits per heavy atom. The Hall–Kier alpha value is 0.150. The van der Waals surface area contributed by atoms with Crippen LogP contribution in [0.4, 0.5) is 0 Å². The summed E-state index contributed by atoms with van der Waals surface area (Å²) in [6, 6.07) is 0. The van der Waals surface area contributed by atoms with Crippen molar-refractivity contribution < 1.29 is 13.6 Å². The summed E-state index contributed by atoms with van der Waals surface area (Å²) in [5, 5.41) is 0. The van der Waals surface area contributed by atoms with Crippen molar-refractivity contribution in [1.82, 2.24) is 0 Å². The largest absolute Gasteiger partial charge is 0.334 e. The van der Waals surface area contributed by atoms with E-state index in [0.717, 1.165) is 0 Å². The average Bonchev–Trinajstić information content (AvgIpc) is 1.89. The minimum Gasteiger partial charge on any atom is -0.309 e. The fourth-order valence-electron chi connectivity index (χ4n) is 0.546. The lowest BCUT2D eigenvalue weighted by Crippen LogP contribution is -1.93. The molecule has 0 bridgehead atoms. The molecule has 3 nitrogen and oxygen atoms in total. The van der Waals surface area contributed by atoms with E-state index in [-0.39, 0.29) is 0 Å². The molecule has 0 saturated carbocycles. The summed E-state index contributed by atoms with van der Waals surface area (Å²) >= 11 is 0. The molecule has 0 atom stereocenters. The Bertz CT molecular complexity index is 114. The molecule has 0 unspecified atom stereocenters. The third kappa shape index (κ3) is 3.35. The second-order valence-electron chi connectivity index (χ2n) is 1.63. The standard InChI is InChI=1S/C6H14O3P/c1-4-8-10(7,6-3)9-5-2/h6H,4-5H2,1-3H3. The summed E-state index contributed by atoms with van der Waals surface area (Å²) in [5.74, 6) is 0. The molecule has 0 aliphatic carbocycles. The van der Waals surface area contributed by atoms with Gasteiger partial charge in [-0.15, -0.1) is 0 Å². The van der Waals surface area contributed by atoms with Gasteiger partial charge >= 0.3 is 7.60 Å². The SMILES string of the molecule is C[CH]P(=O)(OCC)OCC. The molecule has 0 saturated heterocycles. The van der Waals surface area contributed by atoms with Gasteiger partial charge in [0.25, 0.3) is 0 Å². The summed E-state index contributed by atoms with van der Waals surface area (Å²) in [7, 11) is -2.83. The van der Waals surface area contributed by atoms with Crippen LogP contribution in [0.25, 0.3) is 0 Å². The lowest BCUT2D eigenvalue weighted by atomic mass is 10.9. The molecule has 10 heavy (non-hydrogen) atoms. The lowest BCUT2D eigenvalue weighted by Gasteiger charge is -2.13. The van der Waals surface area contributed by atoms with Crippen molar-refractivity contribution in [3.63, 3.8) is 0 Å². The molecular weight excluding hydrogens is 151 g/mol. The van der Waals surface area contributed by atoms with Crippen LogP contribution in [0.15, 0.2) is 0 Å². The fraction of sp³-hybridized carbons (Fsp3) is 0.833. The van der Waals surface area contributed by atoms with Crippen molar-refractivity contribution in [2.24, 2.45) is 0 Å². The third-order valence-corrected chi connectivity index (χ3v) is 2.80. The maximum absolute atomic E-state index is 11.3. The van der Waals surface area contributed by atoms with Crippen LogP contribution in [0.3, 0.4) is 0 Å². The highest BCUT2D eigenvalue weighted by Crippen LogP contribution is 2.50. The predicted octanol–water partition coefficient (Wildman–Crippen LogP) is 2.43. The predicted molar refractivity (Wildman–Crippen MR) is 40.8 cm³/mol. The molecule has 61 valence electrons. The third-order valence-electron chi connectivity index (χ3n) is 0.934. The van der Waals surface area contributed by atoms with Crippen LogP contribution in [0, 0.1) is 6.16 Å². The summed E-state index contributed by atoms with van der Waals surface area (Å²) < 4.78 is 21.1. The van der Waals surface area contributed by atoms with Gasteiger partial charge < -0.3 is 9.05 Å². The first-order chi connectivity index (χ1) is 4.68. The van der Waals surface area contributed by atoms with E-state index in [4.69, 9.17) is 9.05 Å². The maximum atomic E-state index is 11.3. The molecule has 0 spiro atoms. The Balaban J connectivity index is 3.83. The molecule has 1 radical (unpaired) electrons. The van der Waals surface area contributed by atoms with Gasteiger partial charge in [0.2, 0.25) is 0 Å². The second kappa shape index (κ2) is 4.89. The number of hydrogen-bond acceptors (Lipinski definition) is 3.